The third-order valence-electron chi connectivity index (χ3n) is 4.31. The van der Waals surface area contributed by atoms with Gasteiger partial charge in [-0.05, 0) is 23.7 Å². The molecule has 0 saturated carbocycles. The number of hydrogen-bond donors (Lipinski definition) is 0. The molecule has 0 N–H and O–H groups in total. The summed E-state index contributed by atoms with van der Waals surface area (Å²) in [5, 5.41) is 0.441. The smallest absolute Gasteiger partial charge is 0.303 e. The molecule has 2 aromatic rings. The van der Waals surface area contributed by atoms with E-state index in [1.54, 1.807) is 12.1 Å². The van der Waals surface area contributed by atoms with Gasteiger partial charge in [-0.3, -0.25) is 19.0 Å². The first kappa shape index (κ1) is 22.6. The quantitative estimate of drug-likeness (QED) is 0.475. The van der Waals surface area contributed by atoms with E-state index in [1.807, 2.05) is 0 Å². The molecule has 1 aliphatic heterocycles. The first-order valence-electron chi connectivity index (χ1n) is 8.74. The van der Waals surface area contributed by atoms with Crippen LogP contribution in [-0.2, 0) is 33.3 Å². The number of imidazole rings is 1. The number of ether oxygens (including phenoxy) is 4. The number of carbonyl (C=O) groups excluding carboxylic acids is 3. The number of aromatic nitrogens is 2. The van der Waals surface area contributed by atoms with Gasteiger partial charge in [0.2, 0.25) is 5.28 Å². The fraction of sp³-hybridized carbons (Fsp3) is 0.444. The topological polar surface area (TPSA) is 106 Å². The third-order valence-corrected chi connectivity index (χ3v) is 5.37. The predicted octanol–water partition coefficient (Wildman–Crippen LogP) is 3.32. The number of halogens is 3. The van der Waals surface area contributed by atoms with Gasteiger partial charge in [0.25, 0.3) is 0 Å². The number of fused-ring (bicyclic) bond motifs is 1. The van der Waals surface area contributed by atoms with Crippen LogP contribution >= 0.6 is 34.8 Å². The second-order valence-corrected chi connectivity index (χ2v) is 7.62. The number of rotatable bonds is 5. The fourth-order valence-electron chi connectivity index (χ4n) is 3.22. The van der Waals surface area contributed by atoms with Gasteiger partial charge in [0.15, 0.2) is 18.4 Å². The first-order chi connectivity index (χ1) is 14.1. The van der Waals surface area contributed by atoms with Gasteiger partial charge in [0, 0.05) is 20.8 Å². The number of hydrogen-bond acceptors (Lipinski definition) is 8. The van der Waals surface area contributed by atoms with Crippen LogP contribution in [0.15, 0.2) is 12.1 Å². The van der Waals surface area contributed by atoms with E-state index in [1.165, 1.54) is 25.3 Å². The molecule has 3 rings (SSSR count). The Kier molecular flexibility index (Phi) is 6.76. The molecule has 0 aliphatic carbocycles. The zero-order chi connectivity index (χ0) is 22.2. The van der Waals surface area contributed by atoms with Crippen LogP contribution in [0.4, 0.5) is 0 Å². The molecule has 1 aliphatic rings. The highest BCUT2D eigenvalue weighted by molar-refractivity contribution is 6.45. The van der Waals surface area contributed by atoms with Crippen LogP contribution in [0.2, 0.25) is 15.3 Å². The maximum Gasteiger partial charge on any atom is 0.303 e. The van der Waals surface area contributed by atoms with Crippen LogP contribution in [0.5, 0.6) is 0 Å². The summed E-state index contributed by atoms with van der Waals surface area (Å²) in [6, 6.07) is 3.17. The molecule has 1 fully saturated rings. The van der Waals surface area contributed by atoms with Gasteiger partial charge in [-0.15, -0.1) is 0 Å². The van der Waals surface area contributed by atoms with Crippen molar-refractivity contribution in [2.75, 3.05) is 6.61 Å². The Hall–Kier alpha value is -2.07. The SMILES string of the molecule is CC(=O)OC[C@H]1O[C@H](n2c(Cl)nc3c(Cl)c(Cl)ccc32)[C@H](OC(C)=O)[C@@H]1OC(C)=O. The summed E-state index contributed by atoms with van der Waals surface area (Å²) in [5.74, 6) is -1.83. The molecule has 1 aromatic carbocycles. The van der Waals surface area contributed by atoms with E-state index < -0.39 is 42.4 Å². The summed E-state index contributed by atoms with van der Waals surface area (Å²) in [6.07, 6.45) is -4.14. The van der Waals surface area contributed by atoms with Crippen LogP contribution in [-0.4, -0.2) is 52.4 Å². The van der Waals surface area contributed by atoms with Crippen molar-refractivity contribution in [3.63, 3.8) is 0 Å². The molecule has 12 heteroatoms. The lowest BCUT2D eigenvalue weighted by atomic mass is 10.1. The second-order valence-electron chi connectivity index (χ2n) is 6.50. The molecular formula is C18H17Cl3N2O7. The summed E-state index contributed by atoms with van der Waals surface area (Å²) in [4.78, 5) is 38.9. The predicted molar refractivity (Wildman–Crippen MR) is 106 cm³/mol. The standard InChI is InChI=1S/C18H17Cl3N2O7/c1-7(24)27-6-12-15(28-8(2)25)16(29-9(3)26)17(30-12)23-11-5-4-10(19)13(20)14(11)22-18(23)21/h4-5,12,15-17H,6H2,1-3H3/t12-,15-,16-,17+/m1/s1. The summed E-state index contributed by atoms with van der Waals surface area (Å²) < 4.78 is 23.2. The monoisotopic (exact) mass is 478 g/mol. The number of carbonyl (C=O) groups is 3. The lowest BCUT2D eigenvalue weighted by Crippen LogP contribution is -2.40. The van der Waals surface area contributed by atoms with Gasteiger partial charge in [-0.1, -0.05) is 23.2 Å². The van der Waals surface area contributed by atoms with Crippen molar-refractivity contribution in [2.24, 2.45) is 0 Å². The van der Waals surface area contributed by atoms with Crippen LogP contribution in [0.25, 0.3) is 11.0 Å². The number of nitrogens with zero attached hydrogens (tertiary/aromatic N) is 2. The molecule has 1 saturated heterocycles. The summed E-state index contributed by atoms with van der Waals surface area (Å²) >= 11 is 18.6. The van der Waals surface area contributed by atoms with Crippen molar-refractivity contribution in [1.29, 1.82) is 0 Å². The van der Waals surface area contributed by atoms with Gasteiger partial charge in [0.1, 0.15) is 18.2 Å². The van der Waals surface area contributed by atoms with Gasteiger partial charge in [-0.2, -0.15) is 0 Å². The minimum atomic E-state index is -1.10. The average molecular weight is 480 g/mol. The Labute approximate surface area is 186 Å². The van der Waals surface area contributed by atoms with Crippen molar-refractivity contribution >= 4 is 63.7 Å². The maximum absolute atomic E-state index is 11.8. The van der Waals surface area contributed by atoms with E-state index in [-0.39, 0.29) is 21.9 Å². The zero-order valence-corrected chi connectivity index (χ0v) is 18.3. The molecule has 2 heterocycles. The van der Waals surface area contributed by atoms with Crippen molar-refractivity contribution in [2.45, 2.75) is 45.3 Å². The molecule has 0 unspecified atom stereocenters. The Morgan fingerprint density at radius 3 is 2.27 bits per heavy atom. The highest BCUT2D eigenvalue weighted by atomic mass is 35.5. The molecule has 0 bridgehead atoms. The molecule has 1 aromatic heterocycles. The van der Waals surface area contributed by atoms with Crippen LogP contribution < -0.4 is 0 Å². The number of esters is 3. The lowest BCUT2D eigenvalue weighted by Gasteiger charge is -2.24. The van der Waals surface area contributed by atoms with E-state index in [2.05, 4.69) is 4.98 Å². The maximum atomic E-state index is 11.8. The molecule has 0 amide bonds. The second kappa shape index (κ2) is 8.97. The van der Waals surface area contributed by atoms with Crippen molar-refractivity contribution in [3.8, 4) is 0 Å². The zero-order valence-electron chi connectivity index (χ0n) is 16.1. The van der Waals surface area contributed by atoms with E-state index in [0.717, 1.165) is 0 Å². The Bertz CT molecular complexity index is 1010. The van der Waals surface area contributed by atoms with Gasteiger partial charge in [0.05, 0.1) is 15.6 Å². The molecule has 0 spiro atoms. The average Bonchev–Trinajstić information content (AvgIpc) is 3.13. The van der Waals surface area contributed by atoms with Crippen molar-refractivity contribution in [3.05, 3.63) is 27.5 Å². The van der Waals surface area contributed by atoms with Crippen molar-refractivity contribution < 1.29 is 33.3 Å². The highest BCUT2D eigenvalue weighted by Crippen LogP contribution is 2.40. The molecular weight excluding hydrogens is 463 g/mol. The molecule has 162 valence electrons. The van der Waals surface area contributed by atoms with E-state index in [4.69, 9.17) is 53.8 Å². The minimum absolute atomic E-state index is 0.0222. The van der Waals surface area contributed by atoms with E-state index in [0.29, 0.717) is 11.0 Å². The van der Waals surface area contributed by atoms with E-state index in [9.17, 15) is 14.4 Å². The summed E-state index contributed by atoms with van der Waals surface area (Å²) in [5.41, 5.74) is 0.762. The van der Waals surface area contributed by atoms with Crippen LogP contribution in [0, 0.1) is 0 Å². The molecule has 0 radical (unpaired) electrons. The Balaban J connectivity index is 2.09. The first-order valence-corrected chi connectivity index (χ1v) is 9.88. The Morgan fingerprint density at radius 2 is 1.67 bits per heavy atom. The number of benzene rings is 1. The van der Waals surface area contributed by atoms with Gasteiger partial charge in [-0.25, -0.2) is 4.98 Å². The molecule has 30 heavy (non-hydrogen) atoms. The van der Waals surface area contributed by atoms with Crippen LogP contribution in [0.1, 0.15) is 27.0 Å². The summed E-state index contributed by atoms with van der Waals surface area (Å²) in [7, 11) is 0. The highest BCUT2D eigenvalue weighted by Gasteiger charge is 2.51. The molecule has 4 atom stereocenters. The largest absolute Gasteiger partial charge is 0.463 e. The molecule has 9 nitrogen and oxygen atoms in total. The summed E-state index contributed by atoms with van der Waals surface area (Å²) in [6.45, 7) is 3.38. The normalized spacial score (nSPS) is 23.4. The van der Waals surface area contributed by atoms with Gasteiger partial charge < -0.3 is 18.9 Å². The van der Waals surface area contributed by atoms with E-state index >= 15 is 0 Å². The minimum Gasteiger partial charge on any atom is -0.463 e. The fourth-order valence-corrected chi connectivity index (χ4v) is 3.85. The van der Waals surface area contributed by atoms with Crippen molar-refractivity contribution in [1.82, 2.24) is 9.55 Å². The third kappa shape index (κ3) is 4.49. The van der Waals surface area contributed by atoms with Gasteiger partial charge >= 0.3 is 17.9 Å². The van der Waals surface area contributed by atoms with Crippen LogP contribution in [0.3, 0.4) is 0 Å². The lowest BCUT2D eigenvalue weighted by molar-refractivity contribution is -0.166. The Morgan fingerprint density at radius 1 is 1.03 bits per heavy atom.